The number of para-hydroxylation sites is 1. The molecule has 0 radical (unpaired) electrons. The van der Waals surface area contributed by atoms with Crippen molar-refractivity contribution in [3.8, 4) is 5.69 Å². The minimum Gasteiger partial charge on any atom is -0.338 e. The zero-order chi connectivity index (χ0) is 17.9. The third-order valence-corrected chi connectivity index (χ3v) is 5.10. The predicted octanol–water partition coefficient (Wildman–Crippen LogP) is 2.95. The smallest absolute Gasteiger partial charge is 0.225 e. The number of halogens is 1. The summed E-state index contributed by atoms with van der Waals surface area (Å²) in [6, 6.07) is 11.8. The van der Waals surface area contributed by atoms with Crippen molar-refractivity contribution in [3.05, 3.63) is 65.2 Å². The number of aryl methyl sites for hydroxylation is 1. The monoisotopic (exact) mass is 368 g/mol. The average Bonchev–Trinajstić information content (AvgIpc) is 2.98. The van der Waals surface area contributed by atoms with Crippen LogP contribution in [0.5, 0.6) is 0 Å². The molecule has 7 heteroatoms. The summed E-state index contributed by atoms with van der Waals surface area (Å²) in [5.41, 5.74) is 3.06. The standard InChI is InChI=1S/C19H21ClN6/c1-15-17(18(20)26(23-15)16-6-3-2-4-7-16)14-24-10-12-25(13-11-24)19-21-8-5-9-22-19/h2-9H,10-14H2,1H3. The first kappa shape index (κ1) is 17.0. The first-order valence-corrected chi connectivity index (χ1v) is 9.14. The molecule has 1 saturated heterocycles. The van der Waals surface area contributed by atoms with Gasteiger partial charge in [-0.15, -0.1) is 0 Å². The van der Waals surface area contributed by atoms with E-state index in [0.29, 0.717) is 5.15 Å². The van der Waals surface area contributed by atoms with E-state index in [4.69, 9.17) is 11.6 Å². The lowest BCUT2D eigenvalue weighted by Gasteiger charge is -2.34. The predicted molar refractivity (Wildman–Crippen MR) is 103 cm³/mol. The molecule has 26 heavy (non-hydrogen) atoms. The third-order valence-electron chi connectivity index (χ3n) is 4.71. The van der Waals surface area contributed by atoms with Gasteiger partial charge in [-0.05, 0) is 25.1 Å². The molecule has 1 fully saturated rings. The van der Waals surface area contributed by atoms with Crippen LogP contribution >= 0.6 is 11.6 Å². The van der Waals surface area contributed by atoms with Gasteiger partial charge in [0.05, 0.1) is 11.4 Å². The zero-order valence-electron chi connectivity index (χ0n) is 14.7. The number of nitrogens with zero attached hydrogens (tertiary/aromatic N) is 6. The van der Waals surface area contributed by atoms with E-state index in [1.54, 1.807) is 12.4 Å². The van der Waals surface area contributed by atoms with Crippen molar-refractivity contribution in [1.29, 1.82) is 0 Å². The molecule has 0 spiro atoms. The Morgan fingerprint density at radius 2 is 1.65 bits per heavy atom. The fourth-order valence-corrected chi connectivity index (χ4v) is 3.57. The maximum atomic E-state index is 6.65. The van der Waals surface area contributed by atoms with Gasteiger partial charge < -0.3 is 4.90 Å². The van der Waals surface area contributed by atoms with Gasteiger partial charge in [-0.25, -0.2) is 14.6 Å². The third kappa shape index (κ3) is 3.43. The maximum Gasteiger partial charge on any atom is 0.225 e. The molecule has 0 N–H and O–H groups in total. The highest BCUT2D eigenvalue weighted by Gasteiger charge is 2.22. The maximum absolute atomic E-state index is 6.65. The van der Waals surface area contributed by atoms with Crippen molar-refractivity contribution < 1.29 is 0 Å². The summed E-state index contributed by atoms with van der Waals surface area (Å²) in [6.07, 6.45) is 3.58. The Morgan fingerprint density at radius 1 is 0.962 bits per heavy atom. The summed E-state index contributed by atoms with van der Waals surface area (Å²) in [5, 5.41) is 5.33. The number of benzene rings is 1. The molecule has 0 unspecified atom stereocenters. The Bertz CT molecular complexity index is 856. The average molecular weight is 369 g/mol. The molecule has 0 amide bonds. The molecule has 3 aromatic rings. The van der Waals surface area contributed by atoms with Crippen molar-refractivity contribution in [2.45, 2.75) is 13.5 Å². The van der Waals surface area contributed by atoms with Gasteiger partial charge in [-0.2, -0.15) is 5.10 Å². The van der Waals surface area contributed by atoms with Crippen LogP contribution < -0.4 is 4.90 Å². The summed E-state index contributed by atoms with van der Waals surface area (Å²) >= 11 is 6.65. The molecule has 1 aromatic carbocycles. The van der Waals surface area contributed by atoms with Gasteiger partial charge in [0.15, 0.2) is 0 Å². The number of piperazine rings is 1. The first-order valence-electron chi connectivity index (χ1n) is 8.76. The summed E-state index contributed by atoms with van der Waals surface area (Å²) in [6.45, 7) is 6.55. The van der Waals surface area contributed by atoms with E-state index >= 15 is 0 Å². The van der Waals surface area contributed by atoms with Crippen LogP contribution in [-0.4, -0.2) is 50.8 Å². The molecule has 2 aromatic heterocycles. The number of anilines is 1. The topological polar surface area (TPSA) is 50.1 Å². The van der Waals surface area contributed by atoms with Crippen molar-refractivity contribution in [2.24, 2.45) is 0 Å². The summed E-state index contributed by atoms with van der Waals surface area (Å²) in [4.78, 5) is 13.3. The highest BCUT2D eigenvalue weighted by atomic mass is 35.5. The molecule has 0 saturated carbocycles. The Morgan fingerprint density at radius 3 is 2.35 bits per heavy atom. The van der Waals surface area contributed by atoms with Crippen LogP contribution in [-0.2, 0) is 6.54 Å². The molecular weight excluding hydrogens is 348 g/mol. The highest BCUT2D eigenvalue weighted by Crippen LogP contribution is 2.25. The summed E-state index contributed by atoms with van der Waals surface area (Å²) < 4.78 is 1.82. The van der Waals surface area contributed by atoms with E-state index in [1.807, 2.05) is 48.0 Å². The van der Waals surface area contributed by atoms with E-state index in [9.17, 15) is 0 Å². The van der Waals surface area contributed by atoms with Gasteiger partial charge in [0.25, 0.3) is 0 Å². The van der Waals surface area contributed by atoms with Crippen molar-refractivity contribution in [1.82, 2.24) is 24.6 Å². The summed E-state index contributed by atoms with van der Waals surface area (Å²) in [7, 11) is 0. The highest BCUT2D eigenvalue weighted by molar-refractivity contribution is 6.30. The van der Waals surface area contributed by atoms with E-state index in [1.165, 1.54) is 0 Å². The molecule has 3 heterocycles. The molecule has 1 aliphatic rings. The van der Waals surface area contributed by atoms with Gasteiger partial charge in [-0.1, -0.05) is 29.8 Å². The minimum absolute atomic E-state index is 0.697. The normalized spacial score (nSPS) is 15.4. The Labute approximate surface area is 158 Å². The van der Waals surface area contributed by atoms with Crippen LogP contribution in [0.3, 0.4) is 0 Å². The molecule has 0 aliphatic carbocycles. The molecular formula is C19H21ClN6. The van der Waals surface area contributed by atoms with Crippen LogP contribution in [0.25, 0.3) is 5.69 Å². The van der Waals surface area contributed by atoms with Crippen molar-refractivity contribution >= 4 is 17.5 Å². The van der Waals surface area contributed by atoms with Gasteiger partial charge in [0.1, 0.15) is 5.15 Å². The molecule has 1 aliphatic heterocycles. The molecule has 0 atom stereocenters. The van der Waals surface area contributed by atoms with E-state index in [-0.39, 0.29) is 0 Å². The fraction of sp³-hybridized carbons (Fsp3) is 0.316. The lowest BCUT2D eigenvalue weighted by atomic mass is 10.2. The fourth-order valence-electron chi connectivity index (χ4n) is 3.24. The lowest BCUT2D eigenvalue weighted by Crippen LogP contribution is -2.46. The first-order chi connectivity index (χ1) is 12.7. The summed E-state index contributed by atoms with van der Waals surface area (Å²) in [5.74, 6) is 0.804. The zero-order valence-corrected chi connectivity index (χ0v) is 15.5. The SMILES string of the molecule is Cc1nn(-c2ccccc2)c(Cl)c1CN1CCN(c2ncccn2)CC1. The molecule has 6 nitrogen and oxygen atoms in total. The molecule has 0 bridgehead atoms. The van der Waals surface area contributed by atoms with Crippen LogP contribution in [0.4, 0.5) is 5.95 Å². The van der Waals surface area contributed by atoms with Crippen molar-refractivity contribution in [3.63, 3.8) is 0 Å². The Kier molecular flexibility index (Phi) is 4.86. The number of rotatable bonds is 4. The van der Waals surface area contributed by atoms with Gasteiger partial charge in [0, 0.05) is 50.7 Å². The van der Waals surface area contributed by atoms with Gasteiger partial charge in [-0.3, -0.25) is 4.90 Å². The number of aromatic nitrogens is 4. The minimum atomic E-state index is 0.697. The van der Waals surface area contributed by atoms with Gasteiger partial charge in [0.2, 0.25) is 5.95 Å². The lowest BCUT2D eigenvalue weighted by molar-refractivity contribution is 0.248. The van der Waals surface area contributed by atoms with E-state index in [0.717, 1.165) is 55.6 Å². The Balaban J connectivity index is 1.45. The van der Waals surface area contributed by atoms with Crippen molar-refractivity contribution in [2.75, 3.05) is 31.1 Å². The van der Waals surface area contributed by atoms with Gasteiger partial charge >= 0.3 is 0 Å². The van der Waals surface area contributed by atoms with Crippen LogP contribution in [0.15, 0.2) is 48.8 Å². The quantitative estimate of drug-likeness (QED) is 0.708. The second-order valence-electron chi connectivity index (χ2n) is 6.41. The molecule has 4 rings (SSSR count). The second kappa shape index (κ2) is 7.43. The van der Waals surface area contributed by atoms with Crippen LogP contribution in [0.2, 0.25) is 5.15 Å². The van der Waals surface area contributed by atoms with Crippen LogP contribution in [0, 0.1) is 6.92 Å². The Hall–Kier alpha value is -2.44. The van der Waals surface area contributed by atoms with Crippen LogP contribution in [0.1, 0.15) is 11.3 Å². The van der Waals surface area contributed by atoms with E-state index in [2.05, 4.69) is 24.9 Å². The number of hydrogen-bond donors (Lipinski definition) is 0. The largest absolute Gasteiger partial charge is 0.338 e. The van der Waals surface area contributed by atoms with E-state index < -0.39 is 0 Å². The number of hydrogen-bond acceptors (Lipinski definition) is 5. The molecule has 134 valence electrons. The second-order valence-corrected chi connectivity index (χ2v) is 6.77.